The summed E-state index contributed by atoms with van der Waals surface area (Å²) in [5.41, 5.74) is 0.588. The Morgan fingerprint density at radius 2 is 2.21 bits per heavy atom. The maximum Gasteiger partial charge on any atom is 0.254 e. The molecule has 2 aliphatic heterocycles. The Morgan fingerprint density at radius 3 is 2.95 bits per heavy atom. The second-order valence-corrected chi connectivity index (χ2v) is 5.46. The van der Waals surface area contributed by atoms with E-state index in [9.17, 15) is 9.90 Å². The van der Waals surface area contributed by atoms with E-state index in [1.54, 1.807) is 24.3 Å². The van der Waals surface area contributed by atoms with Crippen LogP contribution in [0, 0.1) is 0 Å². The molecule has 3 rings (SSSR count). The summed E-state index contributed by atoms with van der Waals surface area (Å²) >= 11 is 0. The average molecular weight is 260 g/mol. The van der Waals surface area contributed by atoms with E-state index in [1.165, 1.54) is 6.42 Å². The van der Waals surface area contributed by atoms with Gasteiger partial charge in [0, 0.05) is 24.2 Å². The van der Waals surface area contributed by atoms with Gasteiger partial charge in [0.2, 0.25) is 0 Å². The summed E-state index contributed by atoms with van der Waals surface area (Å²) in [7, 11) is 0. The number of rotatable bonds is 2. The molecule has 0 saturated carbocycles. The zero-order valence-corrected chi connectivity index (χ0v) is 11.0. The fourth-order valence-electron chi connectivity index (χ4n) is 3.31. The SMILES string of the molecule is O=C(c1cccc(O)c1)N1CCCC1C1CCCN1. The molecule has 1 aromatic carbocycles. The molecular weight excluding hydrogens is 240 g/mol. The summed E-state index contributed by atoms with van der Waals surface area (Å²) in [6, 6.07) is 7.42. The molecule has 0 radical (unpaired) electrons. The molecule has 0 spiro atoms. The van der Waals surface area contributed by atoms with Gasteiger partial charge in [0.05, 0.1) is 0 Å². The predicted molar refractivity (Wildman–Crippen MR) is 73.2 cm³/mol. The molecule has 2 atom stereocenters. The number of benzene rings is 1. The zero-order valence-electron chi connectivity index (χ0n) is 11.0. The lowest BCUT2D eigenvalue weighted by atomic mass is 10.0. The van der Waals surface area contributed by atoms with E-state index in [1.807, 2.05) is 4.90 Å². The Kier molecular flexibility index (Phi) is 3.42. The highest BCUT2D eigenvalue weighted by Gasteiger charge is 2.36. The van der Waals surface area contributed by atoms with Crippen LogP contribution >= 0.6 is 0 Å². The number of hydrogen-bond acceptors (Lipinski definition) is 3. The normalized spacial score (nSPS) is 26.8. The van der Waals surface area contributed by atoms with Crippen molar-refractivity contribution in [1.82, 2.24) is 10.2 Å². The van der Waals surface area contributed by atoms with Crippen LogP contribution in [0.3, 0.4) is 0 Å². The number of phenolic OH excluding ortho intramolecular Hbond substituents is 1. The number of nitrogens with zero attached hydrogens (tertiary/aromatic N) is 1. The summed E-state index contributed by atoms with van der Waals surface area (Å²) in [4.78, 5) is 14.5. The lowest BCUT2D eigenvalue weighted by Gasteiger charge is -2.29. The number of amides is 1. The first-order valence-electron chi connectivity index (χ1n) is 7.09. The van der Waals surface area contributed by atoms with Crippen LogP contribution in [0.2, 0.25) is 0 Å². The minimum Gasteiger partial charge on any atom is -0.508 e. The van der Waals surface area contributed by atoms with Gasteiger partial charge in [-0.25, -0.2) is 0 Å². The third-order valence-corrected chi connectivity index (χ3v) is 4.22. The molecule has 2 N–H and O–H groups in total. The Bertz CT molecular complexity index is 469. The van der Waals surface area contributed by atoms with Crippen LogP contribution in [0.5, 0.6) is 5.75 Å². The van der Waals surface area contributed by atoms with E-state index in [0.717, 1.165) is 32.4 Å². The summed E-state index contributed by atoms with van der Waals surface area (Å²) in [6.45, 7) is 1.90. The fourth-order valence-corrected chi connectivity index (χ4v) is 3.31. The number of phenols is 1. The second-order valence-electron chi connectivity index (χ2n) is 5.46. The molecule has 0 aromatic heterocycles. The maximum absolute atomic E-state index is 12.6. The molecule has 19 heavy (non-hydrogen) atoms. The molecule has 2 aliphatic rings. The van der Waals surface area contributed by atoms with Gasteiger partial charge < -0.3 is 15.3 Å². The molecule has 2 unspecified atom stereocenters. The Morgan fingerprint density at radius 1 is 1.32 bits per heavy atom. The van der Waals surface area contributed by atoms with Gasteiger partial charge in [-0.3, -0.25) is 4.79 Å². The van der Waals surface area contributed by atoms with Crippen molar-refractivity contribution in [2.75, 3.05) is 13.1 Å². The minimum atomic E-state index is 0.0482. The molecule has 0 bridgehead atoms. The Hall–Kier alpha value is -1.55. The monoisotopic (exact) mass is 260 g/mol. The van der Waals surface area contributed by atoms with E-state index >= 15 is 0 Å². The molecule has 1 aromatic rings. The number of nitrogens with one attached hydrogen (secondary N) is 1. The smallest absolute Gasteiger partial charge is 0.254 e. The van der Waals surface area contributed by atoms with Gasteiger partial charge in [-0.05, 0) is 50.4 Å². The first kappa shape index (κ1) is 12.5. The Balaban J connectivity index is 1.78. The molecule has 2 heterocycles. The van der Waals surface area contributed by atoms with E-state index in [4.69, 9.17) is 0 Å². The molecule has 2 fully saturated rings. The molecule has 4 nitrogen and oxygen atoms in total. The third kappa shape index (κ3) is 2.45. The molecule has 0 aliphatic carbocycles. The van der Waals surface area contributed by atoms with Crippen LogP contribution in [0.15, 0.2) is 24.3 Å². The third-order valence-electron chi connectivity index (χ3n) is 4.22. The van der Waals surface area contributed by atoms with Crippen LogP contribution in [0.1, 0.15) is 36.0 Å². The van der Waals surface area contributed by atoms with Gasteiger partial charge >= 0.3 is 0 Å². The van der Waals surface area contributed by atoms with Gasteiger partial charge in [0.25, 0.3) is 5.91 Å². The fraction of sp³-hybridized carbons (Fsp3) is 0.533. The number of likely N-dealkylation sites (tertiary alicyclic amines) is 1. The van der Waals surface area contributed by atoms with Gasteiger partial charge in [0.15, 0.2) is 0 Å². The molecule has 2 saturated heterocycles. The van der Waals surface area contributed by atoms with Gasteiger partial charge in [-0.1, -0.05) is 6.07 Å². The predicted octanol–water partition coefficient (Wildman–Crippen LogP) is 1.75. The van der Waals surface area contributed by atoms with Crippen molar-refractivity contribution in [3.05, 3.63) is 29.8 Å². The maximum atomic E-state index is 12.6. The van der Waals surface area contributed by atoms with Crippen molar-refractivity contribution in [1.29, 1.82) is 0 Å². The molecule has 1 amide bonds. The van der Waals surface area contributed by atoms with Crippen molar-refractivity contribution in [3.8, 4) is 5.75 Å². The Labute approximate surface area is 113 Å². The highest BCUT2D eigenvalue weighted by atomic mass is 16.3. The van der Waals surface area contributed by atoms with Crippen molar-refractivity contribution in [2.24, 2.45) is 0 Å². The first-order chi connectivity index (χ1) is 9.25. The van der Waals surface area contributed by atoms with Crippen molar-refractivity contribution < 1.29 is 9.90 Å². The standard InChI is InChI=1S/C15H20N2O2/c18-12-5-1-4-11(10-12)15(19)17-9-3-7-14(17)13-6-2-8-16-13/h1,4-5,10,13-14,16,18H,2-3,6-9H2. The van der Waals surface area contributed by atoms with Gasteiger partial charge in [-0.15, -0.1) is 0 Å². The summed E-state index contributed by atoms with van der Waals surface area (Å²) in [5, 5.41) is 13.0. The summed E-state index contributed by atoms with van der Waals surface area (Å²) in [6.07, 6.45) is 4.53. The van der Waals surface area contributed by atoms with Crippen LogP contribution in [0.25, 0.3) is 0 Å². The number of hydrogen-bond donors (Lipinski definition) is 2. The quantitative estimate of drug-likeness (QED) is 0.851. The number of carbonyl (C=O) groups excluding carboxylic acids is 1. The van der Waals surface area contributed by atoms with Crippen LogP contribution in [-0.4, -0.2) is 41.1 Å². The molecule has 4 heteroatoms. The minimum absolute atomic E-state index is 0.0482. The zero-order chi connectivity index (χ0) is 13.2. The number of carbonyl (C=O) groups is 1. The van der Waals surface area contributed by atoms with Crippen molar-refractivity contribution in [3.63, 3.8) is 0 Å². The highest BCUT2D eigenvalue weighted by molar-refractivity contribution is 5.95. The van der Waals surface area contributed by atoms with Gasteiger partial charge in [0.1, 0.15) is 5.75 Å². The van der Waals surface area contributed by atoms with Crippen LogP contribution in [-0.2, 0) is 0 Å². The van der Waals surface area contributed by atoms with Gasteiger partial charge in [-0.2, -0.15) is 0 Å². The summed E-state index contributed by atoms with van der Waals surface area (Å²) < 4.78 is 0. The second kappa shape index (κ2) is 5.21. The van der Waals surface area contributed by atoms with E-state index in [2.05, 4.69) is 5.32 Å². The largest absolute Gasteiger partial charge is 0.508 e. The van der Waals surface area contributed by atoms with E-state index in [0.29, 0.717) is 17.6 Å². The van der Waals surface area contributed by atoms with Crippen LogP contribution in [0.4, 0.5) is 0 Å². The first-order valence-corrected chi connectivity index (χ1v) is 7.09. The molecule has 102 valence electrons. The van der Waals surface area contributed by atoms with Crippen molar-refractivity contribution in [2.45, 2.75) is 37.8 Å². The van der Waals surface area contributed by atoms with Crippen LogP contribution < -0.4 is 5.32 Å². The lowest BCUT2D eigenvalue weighted by Crippen LogP contribution is -2.46. The van der Waals surface area contributed by atoms with Crippen molar-refractivity contribution >= 4 is 5.91 Å². The molecular formula is C15H20N2O2. The average Bonchev–Trinajstić information content (AvgIpc) is 3.08. The van der Waals surface area contributed by atoms with E-state index in [-0.39, 0.29) is 11.7 Å². The lowest BCUT2D eigenvalue weighted by molar-refractivity contribution is 0.0711. The topological polar surface area (TPSA) is 52.6 Å². The van der Waals surface area contributed by atoms with E-state index < -0.39 is 0 Å². The highest BCUT2D eigenvalue weighted by Crippen LogP contribution is 2.27. The number of aromatic hydroxyl groups is 1. The summed E-state index contributed by atoms with van der Waals surface area (Å²) in [5.74, 6) is 0.202.